The molecule has 0 saturated carbocycles. The Kier molecular flexibility index (Phi) is 3.48. The normalized spacial score (nSPS) is 10.1. The monoisotopic (exact) mass is 261 g/mol. The Morgan fingerprint density at radius 3 is 2.56 bits per heavy atom. The molecule has 0 bridgehead atoms. The van der Waals surface area contributed by atoms with Gasteiger partial charge in [-0.05, 0) is 30.3 Å². The first kappa shape index (κ1) is 12.4. The molecule has 1 aromatic heterocycles. The van der Waals surface area contributed by atoms with Crippen LogP contribution in [0.3, 0.4) is 0 Å². The van der Waals surface area contributed by atoms with Crippen LogP contribution in [0.5, 0.6) is 0 Å². The minimum atomic E-state index is -0.171. The summed E-state index contributed by atoms with van der Waals surface area (Å²) in [5, 5.41) is 0.446. The minimum Gasteiger partial charge on any atom is -0.399 e. The summed E-state index contributed by atoms with van der Waals surface area (Å²) in [7, 11) is 1.69. The van der Waals surface area contributed by atoms with E-state index in [1.54, 1.807) is 49.8 Å². The molecular formula is C13H12ClN3O. The van der Waals surface area contributed by atoms with Gasteiger partial charge in [0.1, 0.15) is 0 Å². The van der Waals surface area contributed by atoms with Gasteiger partial charge in [0.05, 0.1) is 0 Å². The molecule has 92 valence electrons. The molecule has 0 spiro atoms. The Hall–Kier alpha value is -2.07. The molecule has 4 nitrogen and oxygen atoms in total. The third-order valence-electron chi connectivity index (χ3n) is 2.52. The molecule has 0 aliphatic heterocycles. The van der Waals surface area contributed by atoms with Crippen molar-refractivity contribution < 1.29 is 4.79 Å². The van der Waals surface area contributed by atoms with E-state index >= 15 is 0 Å². The number of carbonyl (C=O) groups excluding carboxylic acids is 1. The van der Waals surface area contributed by atoms with Crippen LogP contribution in [0.1, 0.15) is 10.4 Å². The number of halogens is 1. The molecular weight excluding hydrogens is 250 g/mol. The molecule has 0 aliphatic carbocycles. The Morgan fingerprint density at radius 2 is 1.94 bits per heavy atom. The predicted octanol–water partition coefficient (Wildman–Crippen LogP) is 2.59. The Morgan fingerprint density at radius 1 is 1.28 bits per heavy atom. The highest BCUT2D eigenvalue weighted by atomic mass is 35.5. The highest BCUT2D eigenvalue weighted by Crippen LogP contribution is 2.20. The molecule has 0 saturated heterocycles. The van der Waals surface area contributed by atoms with Crippen LogP contribution < -0.4 is 10.6 Å². The molecule has 0 fully saturated rings. The number of rotatable bonds is 2. The second-order valence-electron chi connectivity index (χ2n) is 3.84. The summed E-state index contributed by atoms with van der Waals surface area (Å²) < 4.78 is 0. The molecule has 5 heteroatoms. The maximum Gasteiger partial charge on any atom is 0.258 e. The number of nitrogens with two attached hydrogens (primary N) is 1. The number of anilines is 2. The van der Waals surface area contributed by atoms with E-state index in [9.17, 15) is 4.79 Å². The van der Waals surface area contributed by atoms with Gasteiger partial charge in [-0.25, -0.2) is 0 Å². The lowest BCUT2D eigenvalue weighted by molar-refractivity contribution is 0.0993. The number of nitrogen functional groups attached to an aromatic ring is 1. The summed E-state index contributed by atoms with van der Waals surface area (Å²) in [5.41, 5.74) is 7.35. The number of nitrogens with zero attached hydrogens (tertiary/aromatic N) is 2. The maximum atomic E-state index is 12.2. The van der Waals surface area contributed by atoms with E-state index in [1.807, 2.05) is 0 Å². The highest BCUT2D eigenvalue weighted by Gasteiger charge is 2.14. The molecule has 18 heavy (non-hydrogen) atoms. The lowest BCUT2D eigenvalue weighted by atomic mass is 10.1. The van der Waals surface area contributed by atoms with Crippen molar-refractivity contribution >= 4 is 28.9 Å². The van der Waals surface area contributed by atoms with Crippen LogP contribution in [0.4, 0.5) is 11.4 Å². The van der Waals surface area contributed by atoms with Gasteiger partial charge in [-0.3, -0.25) is 9.78 Å². The van der Waals surface area contributed by atoms with Crippen molar-refractivity contribution in [3.63, 3.8) is 0 Å². The van der Waals surface area contributed by atoms with Crippen molar-refractivity contribution in [2.24, 2.45) is 0 Å². The maximum absolute atomic E-state index is 12.2. The molecule has 2 aromatic rings. The Balaban J connectivity index is 2.31. The summed E-state index contributed by atoms with van der Waals surface area (Å²) in [4.78, 5) is 17.7. The predicted molar refractivity (Wildman–Crippen MR) is 72.8 cm³/mol. The van der Waals surface area contributed by atoms with Crippen LogP contribution in [0.25, 0.3) is 0 Å². The fourth-order valence-electron chi connectivity index (χ4n) is 1.61. The van der Waals surface area contributed by atoms with Gasteiger partial charge in [0.2, 0.25) is 0 Å². The number of benzene rings is 1. The molecule has 2 N–H and O–H groups in total. The van der Waals surface area contributed by atoms with Gasteiger partial charge in [0.15, 0.2) is 0 Å². The third-order valence-corrected chi connectivity index (χ3v) is 2.74. The fraction of sp³-hybridized carbons (Fsp3) is 0.0769. The van der Waals surface area contributed by atoms with Crippen LogP contribution in [0.2, 0.25) is 5.02 Å². The second-order valence-corrected chi connectivity index (χ2v) is 4.28. The summed E-state index contributed by atoms with van der Waals surface area (Å²) >= 11 is 5.88. The van der Waals surface area contributed by atoms with E-state index < -0.39 is 0 Å². The van der Waals surface area contributed by atoms with Crippen molar-refractivity contribution in [1.82, 2.24) is 4.98 Å². The van der Waals surface area contributed by atoms with Crippen LogP contribution >= 0.6 is 11.6 Å². The van der Waals surface area contributed by atoms with Crippen LogP contribution in [-0.2, 0) is 0 Å². The quantitative estimate of drug-likeness (QED) is 0.846. The van der Waals surface area contributed by atoms with E-state index in [2.05, 4.69) is 4.98 Å². The zero-order valence-corrected chi connectivity index (χ0v) is 10.6. The molecule has 2 rings (SSSR count). The second kappa shape index (κ2) is 5.06. The van der Waals surface area contributed by atoms with Crippen LogP contribution in [0.15, 0.2) is 42.7 Å². The molecule has 1 amide bonds. The highest BCUT2D eigenvalue weighted by molar-refractivity contribution is 6.31. The number of aromatic nitrogens is 1. The van der Waals surface area contributed by atoms with Gasteiger partial charge in [-0.1, -0.05) is 11.6 Å². The number of amides is 1. The molecule has 1 aromatic carbocycles. The largest absolute Gasteiger partial charge is 0.399 e. The fourth-order valence-corrected chi connectivity index (χ4v) is 1.86. The third kappa shape index (κ3) is 2.60. The summed E-state index contributed by atoms with van der Waals surface area (Å²) in [6.45, 7) is 0. The van der Waals surface area contributed by atoms with E-state index in [0.717, 1.165) is 5.69 Å². The molecule has 0 aliphatic rings. The average molecular weight is 262 g/mol. The van der Waals surface area contributed by atoms with Gasteiger partial charge in [-0.2, -0.15) is 0 Å². The molecule has 0 atom stereocenters. The van der Waals surface area contributed by atoms with Gasteiger partial charge in [0, 0.05) is 41.4 Å². The van der Waals surface area contributed by atoms with E-state index in [-0.39, 0.29) is 5.91 Å². The van der Waals surface area contributed by atoms with Crippen LogP contribution in [0, 0.1) is 0 Å². The van der Waals surface area contributed by atoms with E-state index in [0.29, 0.717) is 16.3 Å². The first-order valence-electron chi connectivity index (χ1n) is 5.32. The number of carbonyl (C=O) groups is 1. The van der Waals surface area contributed by atoms with Crippen LogP contribution in [-0.4, -0.2) is 17.9 Å². The first-order chi connectivity index (χ1) is 8.58. The average Bonchev–Trinajstić information content (AvgIpc) is 2.37. The van der Waals surface area contributed by atoms with E-state index in [4.69, 9.17) is 17.3 Å². The molecule has 0 unspecified atom stereocenters. The van der Waals surface area contributed by atoms with Gasteiger partial charge in [0.25, 0.3) is 5.91 Å². The smallest absolute Gasteiger partial charge is 0.258 e. The Bertz CT molecular complexity index is 551. The van der Waals surface area contributed by atoms with E-state index in [1.165, 1.54) is 4.90 Å². The summed E-state index contributed by atoms with van der Waals surface area (Å²) in [5.74, 6) is -0.171. The number of pyridine rings is 1. The minimum absolute atomic E-state index is 0.171. The van der Waals surface area contributed by atoms with Gasteiger partial charge >= 0.3 is 0 Å². The van der Waals surface area contributed by atoms with Crippen molar-refractivity contribution in [2.45, 2.75) is 0 Å². The van der Waals surface area contributed by atoms with Crippen molar-refractivity contribution in [2.75, 3.05) is 17.7 Å². The van der Waals surface area contributed by atoms with Crippen molar-refractivity contribution in [1.29, 1.82) is 0 Å². The zero-order valence-electron chi connectivity index (χ0n) is 9.80. The lowest BCUT2D eigenvalue weighted by Crippen LogP contribution is -2.26. The van der Waals surface area contributed by atoms with Crippen molar-refractivity contribution in [3.8, 4) is 0 Å². The van der Waals surface area contributed by atoms with Crippen molar-refractivity contribution in [3.05, 3.63) is 53.3 Å². The van der Waals surface area contributed by atoms with Gasteiger partial charge < -0.3 is 10.6 Å². The standard InChI is InChI=1S/C13H12ClN3O/c1-17(12-2-4-16-5-3-12)13(18)9-6-10(14)8-11(15)7-9/h2-8H,15H2,1H3. The molecule has 0 radical (unpaired) electrons. The topological polar surface area (TPSA) is 59.2 Å². The first-order valence-corrected chi connectivity index (χ1v) is 5.70. The zero-order chi connectivity index (χ0) is 13.1. The summed E-state index contributed by atoms with van der Waals surface area (Å²) in [6.07, 6.45) is 3.26. The number of hydrogen-bond donors (Lipinski definition) is 1. The van der Waals surface area contributed by atoms with Gasteiger partial charge in [-0.15, -0.1) is 0 Å². The molecule has 1 heterocycles. The number of hydrogen-bond acceptors (Lipinski definition) is 3. The Labute approximate surface area is 110 Å². The SMILES string of the molecule is CN(C(=O)c1cc(N)cc(Cl)c1)c1ccncc1. The summed E-state index contributed by atoms with van der Waals surface area (Å²) in [6, 6.07) is 8.31. The lowest BCUT2D eigenvalue weighted by Gasteiger charge is -2.17.